The normalized spacial score (nSPS) is 11.0. The Kier molecular flexibility index (Phi) is 38.3. The maximum atomic E-state index is 12.2. The van der Waals surface area contributed by atoms with E-state index in [9.17, 15) is 19.2 Å². The summed E-state index contributed by atoms with van der Waals surface area (Å²) in [5, 5.41) is 45.2. The number of aryl methyl sites for hydroxylation is 3. The molecule has 8 heterocycles. The molecule has 0 aliphatic carbocycles. The molecule has 8 aromatic carbocycles. The summed E-state index contributed by atoms with van der Waals surface area (Å²) in [6, 6.07) is 53.7. The van der Waals surface area contributed by atoms with E-state index in [2.05, 4.69) is 150 Å². The molecule has 39 heteroatoms. The number of aromatic nitrogens is 15. The van der Waals surface area contributed by atoms with Crippen LogP contribution in [0.25, 0.3) is 89.0 Å². The van der Waals surface area contributed by atoms with Gasteiger partial charge in [0, 0.05) is 139 Å². The number of nitrogens with zero attached hydrogens (tertiary/aromatic N) is 18. The average Bonchev–Trinajstić information content (AvgIpc) is 1.62. The molecular formula is C109H125N27O11S. The molecule has 148 heavy (non-hydrogen) atoms. The van der Waals surface area contributed by atoms with Gasteiger partial charge in [-0.15, -0.1) is 11.8 Å². The van der Waals surface area contributed by atoms with Crippen molar-refractivity contribution in [3.8, 4) is 85.7 Å². The molecule has 0 spiro atoms. The number of amides is 4. The smallest absolute Gasteiger partial charge is 0.247 e. The van der Waals surface area contributed by atoms with Crippen LogP contribution in [0.1, 0.15) is 33.4 Å². The highest BCUT2D eigenvalue weighted by Gasteiger charge is 2.25. The number of aromatic amines is 1. The fourth-order valence-corrected chi connectivity index (χ4v) is 16.4. The van der Waals surface area contributed by atoms with Crippen LogP contribution in [0.15, 0.2) is 250 Å². The Morgan fingerprint density at radius 2 is 0.743 bits per heavy atom. The third-order valence-electron chi connectivity index (χ3n) is 22.4. The van der Waals surface area contributed by atoms with Crippen molar-refractivity contribution in [1.29, 1.82) is 0 Å². The number of H-pyrrole nitrogens is 1. The van der Waals surface area contributed by atoms with Crippen molar-refractivity contribution in [2.45, 2.75) is 39.5 Å². The van der Waals surface area contributed by atoms with Crippen molar-refractivity contribution in [2.75, 3.05) is 177 Å². The van der Waals surface area contributed by atoms with Crippen LogP contribution < -0.4 is 75.7 Å². The number of carbonyl (C=O) groups excluding carboxylic acids is 4. The summed E-state index contributed by atoms with van der Waals surface area (Å²) in [7, 11) is 21.7. The number of anilines is 12. The van der Waals surface area contributed by atoms with Crippen molar-refractivity contribution < 1.29 is 52.3 Å². The zero-order valence-corrected chi connectivity index (χ0v) is 86.9. The second-order valence-electron chi connectivity index (χ2n) is 34.2. The molecule has 0 saturated heterocycles. The van der Waals surface area contributed by atoms with Gasteiger partial charge in [0.1, 0.15) is 71.5 Å². The number of para-hydroxylation sites is 3. The molecule has 0 fully saturated rings. The Morgan fingerprint density at radius 3 is 1.20 bits per heavy atom. The number of hydrogen-bond acceptors (Lipinski definition) is 31. The summed E-state index contributed by atoms with van der Waals surface area (Å²) in [4.78, 5) is 94.2. The Bertz CT molecular complexity index is 7380. The summed E-state index contributed by atoms with van der Waals surface area (Å²) < 4.78 is 47.3. The van der Waals surface area contributed by atoms with Gasteiger partial charge in [0.25, 0.3) is 0 Å². The predicted octanol–water partition coefficient (Wildman–Crippen LogP) is 18.6. The van der Waals surface area contributed by atoms with Gasteiger partial charge in [0.15, 0.2) is 0 Å². The van der Waals surface area contributed by atoms with Crippen molar-refractivity contribution in [3.63, 3.8) is 0 Å². The molecule has 0 aliphatic rings. The third kappa shape index (κ3) is 28.5. The Hall–Kier alpha value is -17.1. The van der Waals surface area contributed by atoms with Gasteiger partial charge >= 0.3 is 0 Å². The summed E-state index contributed by atoms with van der Waals surface area (Å²) >= 11 is 1.65. The van der Waals surface area contributed by atoms with E-state index in [1.165, 1.54) is 24.3 Å². The van der Waals surface area contributed by atoms with Crippen molar-refractivity contribution in [1.82, 2.24) is 93.8 Å². The molecule has 0 bridgehead atoms. The Morgan fingerprint density at radius 1 is 0.378 bits per heavy atom. The molecule has 0 aliphatic heterocycles. The van der Waals surface area contributed by atoms with Gasteiger partial charge < -0.3 is 99.9 Å². The zero-order valence-electron chi connectivity index (χ0n) is 86.0. The second kappa shape index (κ2) is 52.4. The quantitative estimate of drug-likeness (QED) is 0.0126. The van der Waals surface area contributed by atoms with Crippen LogP contribution in [-0.4, -0.2) is 252 Å². The number of thioether (sulfide) groups is 1. The van der Waals surface area contributed by atoms with Crippen molar-refractivity contribution >= 4 is 148 Å². The lowest BCUT2D eigenvalue weighted by atomic mass is 10.1. The highest BCUT2D eigenvalue weighted by atomic mass is 32.2. The van der Waals surface area contributed by atoms with E-state index in [0.29, 0.717) is 187 Å². The fourth-order valence-electron chi connectivity index (χ4n) is 15.2. The average molecular weight is 2020 g/mol. The van der Waals surface area contributed by atoms with Crippen LogP contribution >= 0.6 is 11.8 Å². The van der Waals surface area contributed by atoms with Crippen LogP contribution in [0, 0.1) is 6.92 Å². The van der Waals surface area contributed by atoms with E-state index in [0.717, 1.165) is 101 Å². The number of fused-ring (bicyclic) bond motifs is 4. The first-order valence-corrected chi connectivity index (χ1v) is 48.9. The maximum Gasteiger partial charge on any atom is 0.247 e. The van der Waals surface area contributed by atoms with E-state index < -0.39 is 0 Å². The third-order valence-corrected chi connectivity index (χ3v) is 23.5. The fraction of sp³-hybridized carbons (Fsp3) is 0.257. The van der Waals surface area contributed by atoms with Gasteiger partial charge in [0.2, 0.25) is 47.4 Å². The van der Waals surface area contributed by atoms with Gasteiger partial charge in [0.05, 0.1) is 117 Å². The lowest BCUT2D eigenvalue weighted by Gasteiger charge is -2.19. The summed E-state index contributed by atoms with van der Waals surface area (Å²) in [6.45, 7) is 30.1. The van der Waals surface area contributed by atoms with Crippen LogP contribution in [0.4, 0.5) is 69.3 Å². The van der Waals surface area contributed by atoms with E-state index in [4.69, 9.17) is 48.1 Å². The van der Waals surface area contributed by atoms with Gasteiger partial charge in [-0.1, -0.05) is 99.1 Å². The number of carbonyl (C=O) groups is 4. The number of hydrogen-bond donors (Lipinski definition) is 9. The monoisotopic (exact) mass is 2020 g/mol. The van der Waals surface area contributed by atoms with E-state index in [1.807, 2.05) is 237 Å². The molecule has 0 radical (unpaired) electrons. The largest absolute Gasteiger partial charge is 0.492 e. The molecule has 0 atom stereocenters. The van der Waals surface area contributed by atoms with Crippen molar-refractivity contribution in [2.24, 2.45) is 21.1 Å². The highest BCUT2D eigenvalue weighted by molar-refractivity contribution is 7.99. The lowest BCUT2D eigenvalue weighted by molar-refractivity contribution is -0.112. The first kappa shape index (κ1) is 108. The Labute approximate surface area is 863 Å². The molecule has 4 amide bonds. The number of likely N-dealkylation sites (N-methyl/N-ethyl adjacent to an activating group) is 3. The first-order chi connectivity index (χ1) is 71.6. The minimum atomic E-state index is -0.355. The van der Waals surface area contributed by atoms with Crippen LogP contribution in [0.5, 0.6) is 40.2 Å². The number of nitrogens with one attached hydrogen (secondary N) is 9. The molecule has 38 nitrogen and oxygen atoms in total. The molecule has 768 valence electrons. The van der Waals surface area contributed by atoms with E-state index in [-0.39, 0.29) is 23.6 Å². The molecule has 9 N–H and O–H groups in total. The second-order valence-corrected chi connectivity index (χ2v) is 35.3. The minimum Gasteiger partial charge on any atom is -0.492 e. The molecule has 0 saturated carbocycles. The highest BCUT2D eigenvalue weighted by Crippen LogP contribution is 2.45. The lowest BCUT2D eigenvalue weighted by Crippen LogP contribution is -2.20. The van der Waals surface area contributed by atoms with Crippen molar-refractivity contribution in [3.05, 3.63) is 251 Å². The zero-order chi connectivity index (χ0) is 105. The number of rotatable bonds is 44. The van der Waals surface area contributed by atoms with Crippen LogP contribution in [0.3, 0.4) is 0 Å². The maximum absolute atomic E-state index is 12.2. The molecule has 8 aromatic heterocycles. The molecule has 0 unspecified atom stereocenters. The van der Waals surface area contributed by atoms with Crippen LogP contribution in [-0.2, 0) is 40.3 Å². The molecule has 16 rings (SSSR count). The Balaban J connectivity index is 0.000000165. The van der Waals surface area contributed by atoms with Gasteiger partial charge in [-0.2, -0.15) is 15.3 Å². The topological polar surface area (TPSA) is 414 Å². The SMILES string of the molecule is C=CC(=O)Nc1cc(Nc2nccc(-c3c(C)n(C)c4ccccc34)n2)c(OCC)cc1OCCN(C)C.C=CC(=O)Nc1cc(Nc2nccc(-c3c4ccccc4nn3C)n2)c(OCC)cc1SCCN(C)C.C=CC(=O)Nc1cc(Nc2nccc(-c3n[nH]c4ccccc34)n2)c(OCC)cc1OCCN(C)C.C=CC(=O)Nc1cc(Nc2nccc(-c3nn(C)c4ccccc34)n2)c(OCC)cc1OCCN(C)C. The molecule has 16 aromatic rings. The van der Waals surface area contributed by atoms with Gasteiger partial charge in [-0.05, 0) is 194 Å². The standard InChI is InChI=1S/C29H34N6O3.C27H31N7O3.C27H31N7O2S.C26H29N7O3/c1-7-27(36)31-22-17-23(25(37-8-2)18-26(22)38-16-15-34(4)5)33-29-30-14-13-21(32-29)28-19(3)35(6)24-12-10-9-11-20(24)28;1-6-25(35)29-20-16-21(23(36-7-2)17-24(20)37-15-14-33(3)4)31-27-28-13-12-19(30-27)26-18-10-8-9-11-22(18)34(5)32-26;1-6-25(35)29-22-16-21(23(36-7-2)17-24(22)37-15-14-33(3)4)31-27-28-13-12-20(30-27)26-18-10-8-9-11-19(18)32-34(26)5;1-5-24(34)28-20-15-21(22(35-6-2)16-23(20)36-14-13-33(3)4)30-26-27-12-11-19(29-26)25-17-9-7-8-10-18(17)31-32-25/h7,9-14,17-18H,1,8,15-16H2,2-6H3,(H,31,36)(H,30,32,33);2*6,8-13,16-17H,1,7,14-15H2,2-5H3,(H,29,35)(H,28,30,31);5,7-12,15-16H,1,6,13-14H2,2-4H3,(H,28,34)(H,31,32)(H,27,29,30). The molecular weight excluding hydrogens is 1900 g/mol. The number of ether oxygens (including phenoxy) is 7. The summed E-state index contributed by atoms with van der Waals surface area (Å²) in [5.74, 6) is 4.76. The first-order valence-electron chi connectivity index (χ1n) is 47.9. The predicted molar refractivity (Wildman–Crippen MR) is 590 cm³/mol. The minimum absolute atomic E-state index is 0.286. The summed E-state index contributed by atoms with van der Waals surface area (Å²) in [6.07, 6.45) is 11.6. The van der Waals surface area contributed by atoms with Crippen LogP contribution in [0.2, 0.25) is 0 Å². The van der Waals surface area contributed by atoms with Gasteiger partial charge in [-0.3, -0.25) is 33.6 Å². The number of benzene rings is 8. The van der Waals surface area contributed by atoms with E-state index >= 15 is 0 Å². The van der Waals surface area contributed by atoms with Gasteiger partial charge in [-0.25, -0.2) is 39.9 Å². The summed E-state index contributed by atoms with van der Waals surface area (Å²) in [5.41, 5.74) is 15.9. The van der Waals surface area contributed by atoms with E-state index in [1.54, 1.807) is 79.0 Å².